The molecule has 1 unspecified atom stereocenters. The summed E-state index contributed by atoms with van der Waals surface area (Å²) in [5, 5.41) is 9.02. The van der Waals surface area contributed by atoms with Gasteiger partial charge in [0.25, 0.3) is 0 Å². The maximum absolute atomic E-state index is 11.0. The molecular weight excluding hydrogens is 368 g/mol. The summed E-state index contributed by atoms with van der Waals surface area (Å²) >= 11 is 0. The number of aromatic nitrogens is 2. The summed E-state index contributed by atoms with van der Waals surface area (Å²) in [5.74, 6) is 1.51. The van der Waals surface area contributed by atoms with Crippen LogP contribution in [-0.2, 0) is 11.2 Å². The van der Waals surface area contributed by atoms with Crippen LogP contribution in [0, 0.1) is 18.8 Å². The number of carboxylic acids is 1. The summed E-state index contributed by atoms with van der Waals surface area (Å²) in [6.07, 6.45) is 10.5. The third-order valence-electron chi connectivity index (χ3n) is 4.95. The topological polar surface area (TPSA) is 81.5 Å². The van der Waals surface area contributed by atoms with Gasteiger partial charge in [0.1, 0.15) is 11.6 Å². The Kier molecular flexibility index (Phi) is 7.44. The van der Waals surface area contributed by atoms with Crippen molar-refractivity contribution in [2.45, 2.75) is 58.5 Å². The van der Waals surface area contributed by atoms with Crippen molar-refractivity contribution in [1.82, 2.24) is 9.97 Å². The Bertz CT molecular complexity index is 783. The average Bonchev–Trinajstić information content (AvgIpc) is 3.54. The lowest BCUT2D eigenvalue weighted by atomic mass is 9.83. The number of ether oxygens (including phenoxy) is 2. The molecular formula is C23H30N2O4. The smallest absolute Gasteiger partial charge is 0.306 e. The molecule has 6 heteroatoms. The fourth-order valence-corrected chi connectivity index (χ4v) is 2.96. The van der Waals surface area contributed by atoms with Crippen molar-refractivity contribution >= 4 is 5.97 Å². The van der Waals surface area contributed by atoms with E-state index >= 15 is 0 Å². The van der Waals surface area contributed by atoms with Crippen LogP contribution < -0.4 is 9.47 Å². The number of benzene rings is 1. The normalized spacial score (nSPS) is 20.5. The number of carboxylic acid groups (broad SMARTS) is 1. The van der Waals surface area contributed by atoms with E-state index < -0.39 is 11.9 Å². The first kappa shape index (κ1) is 21.1. The predicted octanol–water partition coefficient (Wildman–Crippen LogP) is 4.45. The van der Waals surface area contributed by atoms with E-state index in [0.29, 0.717) is 24.7 Å². The molecule has 156 valence electrons. The molecule has 2 aromatic rings. The number of rotatable bonds is 8. The molecule has 2 aliphatic rings. The summed E-state index contributed by atoms with van der Waals surface area (Å²) in [5.41, 5.74) is 0.978. The monoisotopic (exact) mass is 398 g/mol. The molecule has 0 radical (unpaired) electrons. The number of aliphatic carboxylic acids is 1. The van der Waals surface area contributed by atoms with E-state index in [1.807, 2.05) is 31.2 Å². The van der Waals surface area contributed by atoms with E-state index in [2.05, 4.69) is 9.97 Å². The molecule has 1 heterocycles. The van der Waals surface area contributed by atoms with Crippen LogP contribution in [0.15, 0.2) is 36.7 Å². The summed E-state index contributed by atoms with van der Waals surface area (Å²) in [7, 11) is 0. The van der Waals surface area contributed by atoms with Crippen molar-refractivity contribution in [3.05, 3.63) is 48.0 Å². The van der Waals surface area contributed by atoms with E-state index in [9.17, 15) is 4.79 Å². The molecule has 1 atom stereocenters. The largest absolute Gasteiger partial charge is 0.493 e. The third-order valence-corrected chi connectivity index (χ3v) is 4.95. The minimum absolute atomic E-state index is 0.192. The molecule has 6 nitrogen and oxygen atoms in total. The molecule has 4 rings (SSSR count). The van der Waals surface area contributed by atoms with E-state index in [-0.39, 0.29) is 6.10 Å². The second-order valence-electron chi connectivity index (χ2n) is 8.01. The van der Waals surface area contributed by atoms with Crippen LogP contribution >= 0.6 is 0 Å². The molecule has 29 heavy (non-hydrogen) atoms. The highest BCUT2D eigenvalue weighted by Gasteiger charge is 2.31. The number of hydrogen-bond donors (Lipinski definition) is 1. The van der Waals surface area contributed by atoms with Crippen molar-refractivity contribution in [1.29, 1.82) is 0 Å². The van der Waals surface area contributed by atoms with Gasteiger partial charge in [0.2, 0.25) is 0 Å². The Morgan fingerprint density at radius 1 is 1.17 bits per heavy atom. The third kappa shape index (κ3) is 7.37. The van der Waals surface area contributed by atoms with Gasteiger partial charge >= 0.3 is 5.97 Å². The van der Waals surface area contributed by atoms with E-state index in [1.165, 1.54) is 19.3 Å². The number of hydrogen-bond acceptors (Lipinski definition) is 5. The number of carbonyl (C=O) groups is 1. The quantitative estimate of drug-likeness (QED) is 0.707. The van der Waals surface area contributed by atoms with Gasteiger partial charge in [-0.05, 0) is 49.8 Å². The van der Waals surface area contributed by atoms with Gasteiger partial charge in [-0.3, -0.25) is 4.79 Å². The molecule has 0 aliphatic heterocycles. The Morgan fingerprint density at radius 3 is 2.48 bits per heavy atom. The molecule has 1 aromatic carbocycles. The maximum Gasteiger partial charge on any atom is 0.306 e. The van der Waals surface area contributed by atoms with Crippen molar-refractivity contribution < 1.29 is 19.4 Å². The maximum atomic E-state index is 11.0. The summed E-state index contributed by atoms with van der Waals surface area (Å²) < 4.78 is 11.7. The lowest BCUT2D eigenvalue weighted by Crippen LogP contribution is -2.37. The second-order valence-corrected chi connectivity index (χ2v) is 8.01. The minimum atomic E-state index is -0.782. The highest BCUT2D eigenvalue weighted by Crippen LogP contribution is 2.31. The van der Waals surface area contributed by atoms with Gasteiger partial charge in [-0.15, -0.1) is 0 Å². The summed E-state index contributed by atoms with van der Waals surface area (Å²) in [6, 6.07) is 7.67. The van der Waals surface area contributed by atoms with Crippen LogP contribution in [0.25, 0.3) is 0 Å². The Hall–Kier alpha value is -2.63. The standard InChI is InChI=1S/C20H24N2O4.C3H6/c1-13(20(23)24)6-15-4-3-5-17(7-15)25-12-16-8-18(9-16)26-19-10-21-14(2)22-11-19;1-2-3-1/h3-5,7,10-11,13,16,18H,6,8-9,12H2,1-2H3,(H,23,24);1-3H2. The first-order valence-electron chi connectivity index (χ1n) is 10.4. The molecule has 0 bridgehead atoms. The van der Waals surface area contributed by atoms with Gasteiger partial charge in [-0.25, -0.2) is 9.97 Å². The Labute approximate surface area is 172 Å². The molecule has 2 fully saturated rings. The van der Waals surface area contributed by atoms with Gasteiger partial charge in [-0.2, -0.15) is 0 Å². The van der Waals surface area contributed by atoms with Crippen molar-refractivity contribution in [2.24, 2.45) is 11.8 Å². The lowest BCUT2D eigenvalue weighted by Gasteiger charge is -2.34. The Balaban J connectivity index is 0.000000732. The van der Waals surface area contributed by atoms with Gasteiger partial charge in [0.05, 0.1) is 31.0 Å². The van der Waals surface area contributed by atoms with Crippen molar-refractivity contribution in [3.63, 3.8) is 0 Å². The molecule has 2 saturated carbocycles. The van der Waals surface area contributed by atoms with Crippen LogP contribution in [-0.4, -0.2) is 33.8 Å². The van der Waals surface area contributed by atoms with E-state index in [0.717, 1.165) is 30.0 Å². The first-order chi connectivity index (χ1) is 14.0. The van der Waals surface area contributed by atoms with Crippen LogP contribution in [0.4, 0.5) is 0 Å². The SMILES string of the molecule is C1CC1.Cc1ncc(OC2CC(COc3cccc(CC(C)C(=O)O)c3)C2)cn1. The van der Waals surface area contributed by atoms with Crippen molar-refractivity contribution in [2.75, 3.05) is 6.61 Å². The molecule has 0 spiro atoms. The van der Waals surface area contributed by atoms with Gasteiger partial charge in [-0.1, -0.05) is 38.3 Å². The number of aryl methyl sites for hydroxylation is 1. The van der Waals surface area contributed by atoms with E-state index in [4.69, 9.17) is 14.6 Å². The van der Waals surface area contributed by atoms with Crippen LogP contribution in [0.3, 0.4) is 0 Å². The highest BCUT2D eigenvalue weighted by atomic mass is 16.5. The summed E-state index contributed by atoms with van der Waals surface area (Å²) in [6.45, 7) is 4.20. The molecule has 0 amide bonds. The van der Waals surface area contributed by atoms with Gasteiger partial charge < -0.3 is 14.6 Å². The fourth-order valence-electron chi connectivity index (χ4n) is 2.96. The first-order valence-corrected chi connectivity index (χ1v) is 10.4. The van der Waals surface area contributed by atoms with Gasteiger partial charge in [0, 0.05) is 0 Å². The zero-order valence-corrected chi connectivity index (χ0v) is 17.2. The predicted molar refractivity (Wildman–Crippen MR) is 110 cm³/mol. The molecule has 0 saturated heterocycles. The lowest BCUT2D eigenvalue weighted by molar-refractivity contribution is -0.141. The Morgan fingerprint density at radius 2 is 1.86 bits per heavy atom. The van der Waals surface area contributed by atoms with Gasteiger partial charge in [0.15, 0.2) is 5.75 Å². The fraction of sp³-hybridized carbons (Fsp3) is 0.522. The van der Waals surface area contributed by atoms with Crippen LogP contribution in [0.5, 0.6) is 11.5 Å². The molecule has 1 aromatic heterocycles. The zero-order valence-electron chi connectivity index (χ0n) is 17.2. The molecule has 2 aliphatic carbocycles. The summed E-state index contributed by atoms with van der Waals surface area (Å²) in [4.78, 5) is 19.2. The highest BCUT2D eigenvalue weighted by molar-refractivity contribution is 5.69. The average molecular weight is 399 g/mol. The van der Waals surface area contributed by atoms with Crippen LogP contribution in [0.2, 0.25) is 0 Å². The number of nitrogens with zero attached hydrogens (tertiary/aromatic N) is 2. The van der Waals surface area contributed by atoms with Crippen LogP contribution in [0.1, 0.15) is 50.4 Å². The second kappa shape index (κ2) is 10.2. The molecule has 1 N–H and O–H groups in total. The zero-order chi connectivity index (χ0) is 20.6. The minimum Gasteiger partial charge on any atom is -0.493 e. The van der Waals surface area contributed by atoms with Crippen molar-refractivity contribution in [3.8, 4) is 11.5 Å². The van der Waals surface area contributed by atoms with E-state index in [1.54, 1.807) is 19.3 Å².